The van der Waals surface area contributed by atoms with Gasteiger partial charge in [-0.3, -0.25) is 4.90 Å². The van der Waals surface area contributed by atoms with Crippen LogP contribution in [-0.4, -0.2) is 60.0 Å². The van der Waals surface area contributed by atoms with Crippen LogP contribution in [0.3, 0.4) is 0 Å². The number of ether oxygens (including phenoxy) is 3. The summed E-state index contributed by atoms with van der Waals surface area (Å²) in [5.74, 6) is 2.10. The third-order valence-corrected chi connectivity index (χ3v) is 5.38. The number of amides is 2. The Hall–Kier alpha value is -2.43. The zero-order valence-corrected chi connectivity index (χ0v) is 17.9. The Labute approximate surface area is 172 Å². The van der Waals surface area contributed by atoms with Gasteiger partial charge in [-0.15, -0.1) is 6.42 Å². The molecule has 0 bridgehead atoms. The lowest BCUT2D eigenvalue weighted by Crippen LogP contribution is -2.48. The molecule has 1 saturated carbocycles. The second-order valence-corrected chi connectivity index (χ2v) is 8.54. The monoisotopic (exact) mass is 408 g/mol. The first-order valence-electron chi connectivity index (χ1n) is 10.1. The van der Waals surface area contributed by atoms with Crippen molar-refractivity contribution in [1.82, 2.24) is 10.2 Å². The van der Waals surface area contributed by atoms with Crippen molar-refractivity contribution in [2.45, 2.75) is 89.6 Å². The molecule has 0 aromatic carbocycles. The molecule has 0 aromatic rings. The molecule has 2 fully saturated rings. The molecule has 0 radical (unpaired) electrons. The van der Waals surface area contributed by atoms with Crippen molar-refractivity contribution in [3.63, 3.8) is 0 Å². The maximum Gasteiger partial charge on any atom is 0.410 e. The summed E-state index contributed by atoms with van der Waals surface area (Å²) in [5.41, 5.74) is -0.658. The maximum atomic E-state index is 12.7. The molecule has 2 amide bonds. The van der Waals surface area contributed by atoms with Crippen LogP contribution >= 0.6 is 0 Å². The van der Waals surface area contributed by atoms with Gasteiger partial charge < -0.3 is 19.5 Å². The van der Waals surface area contributed by atoms with E-state index in [1.165, 1.54) is 7.11 Å². The summed E-state index contributed by atoms with van der Waals surface area (Å²) in [7, 11) is 1.33. The number of hydrogen-bond donors (Lipinski definition) is 1. The molecule has 162 valence electrons. The van der Waals surface area contributed by atoms with Gasteiger partial charge in [-0.2, -0.15) is 0 Å². The van der Waals surface area contributed by atoms with E-state index in [1.807, 2.05) is 0 Å². The minimum atomic E-state index is -0.799. The van der Waals surface area contributed by atoms with Crippen LogP contribution in [0, 0.1) is 18.3 Å². The molecule has 0 spiro atoms. The molecule has 8 heteroatoms. The van der Waals surface area contributed by atoms with Crippen molar-refractivity contribution < 1.29 is 28.6 Å². The van der Waals surface area contributed by atoms with E-state index in [4.69, 9.17) is 20.6 Å². The van der Waals surface area contributed by atoms with Crippen molar-refractivity contribution in [3.05, 3.63) is 0 Å². The normalized spacial score (nSPS) is 27.2. The molecule has 2 rings (SSSR count). The summed E-state index contributed by atoms with van der Waals surface area (Å²) in [6.07, 6.45) is 7.38. The number of nitrogens with one attached hydrogen (secondary N) is 1. The van der Waals surface area contributed by atoms with Crippen LogP contribution in [0.4, 0.5) is 9.59 Å². The molecule has 1 N–H and O–H groups in total. The Kier molecular flexibility index (Phi) is 7.39. The largest absolute Gasteiger partial charge is 0.460 e. The Morgan fingerprint density at radius 1 is 1.28 bits per heavy atom. The minimum Gasteiger partial charge on any atom is -0.460 e. The molecule has 1 aliphatic heterocycles. The molecule has 29 heavy (non-hydrogen) atoms. The standard InChI is InChI=1S/C21H32N2O6/c1-7-13-12-14-16(23(13)20(26)27-6)10-9-11-17(14)28-18(24)15(8-2)22-19(25)29-21(3,4)5/h1,13-17H,8-12H2,2-6H3,(H,22,25)/t13?,14-,15?,16-,17+/m1/s1. The van der Waals surface area contributed by atoms with E-state index < -0.39 is 29.8 Å². The average molecular weight is 408 g/mol. The Morgan fingerprint density at radius 3 is 2.52 bits per heavy atom. The lowest BCUT2D eigenvalue weighted by atomic mass is 9.82. The van der Waals surface area contributed by atoms with Gasteiger partial charge >= 0.3 is 18.2 Å². The first kappa shape index (κ1) is 22.9. The van der Waals surface area contributed by atoms with E-state index >= 15 is 0 Å². The number of carbonyl (C=O) groups excluding carboxylic acids is 3. The van der Waals surface area contributed by atoms with Crippen LogP contribution in [0.25, 0.3) is 0 Å². The zero-order valence-electron chi connectivity index (χ0n) is 17.9. The van der Waals surface area contributed by atoms with Gasteiger partial charge in [-0.25, -0.2) is 14.4 Å². The smallest absolute Gasteiger partial charge is 0.410 e. The summed E-state index contributed by atoms with van der Waals surface area (Å²) < 4.78 is 15.9. The van der Waals surface area contributed by atoms with Crippen LogP contribution in [0.1, 0.15) is 59.8 Å². The van der Waals surface area contributed by atoms with Gasteiger partial charge in [0, 0.05) is 12.0 Å². The zero-order chi connectivity index (χ0) is 21.8. The lowest BCUT2D eigenvalue weighted by molar-refractivity contribution is -0.156. The third kappa shape index (κ3) is 5.55. The molecule has 5 atom stereocenters. The predicted molar refractivity (Wildman–Crippen MR) is 106 cm³/mol. The lowest BCUT2D eigenvalue weighted by Gasteiger charge is -2.36. The Morgan fingerprint density at radius 2 is 1.97 bits per heavy atom. The first-order valence-corrected chi connectivity index (χ1v) is 10.1. The van der Waals surface area contributed by atoms with Crippen LogP contribution in [0.15, 0.2) is 0 Å². The summed E-state index contributed by atoms with van der Waals surface area (Å²) in [6.45, 7) is 7.05. The second-order valence-electron chi connectivity index (χ2n) is 8.54. The predicted octanol–water partition coefficient (Wildman–Crippen LogP) is 2.84. The molecule has 1 aliphatic carbocycles. The highest BCUT2D eigenvalue weighted by molar-refractivity contribution is 5.81. The molecular formula is C21H32N2O6. The maximum absolute atomic E-state index is 12.7. The average Bonchev–Trinajstić information content (AvgIpc) is 3.03. The Balaban J connectivity index is 2.05. The van der Waals surface area contributed by atoms with E-state index in [2.05, 4.69) is 11.2 Å². The van der Waals surface area contributed by atoms with Crippen LogP contribution in [0.2, 0.25) is 0 Å². The first-order chi connectivity index (χ1) is 13.6. The molecule has 1 saturated heterocycles. The number of methoxy groups -OCH3 is 1. The highest BCUT2D eigenvalue weighted by atomic mass is 16.6. The van der Waals surface area contributed by atoms with Crippen molar-refractivity contribution in [3.8, 4) is 12.3 Å². The number of carbonyl (C=O) groups is 3. The number of hydrogen-bond acceptors (Lipinski definition) is 6. The third-order valence-electron chi connectivity index (χ3n) is 5.38. The molecule has 2 aliphatic rings. The number of likely N-dealkylation sites (tertiary alicyclic amines) is 1. The molecule has 0 aromatic heterocycles. The highest BCUT2D eigenvalue weighted by Crippen LogP contribution is 2.41. The fraction of sp³-hybridized carbons (Fsp3) is 0.762. The number of rotatable bonds is 4. The fourth-order valence-corrected chi connectivity index (χ4v) is 4.13. The summed E-state index contributed by atoms with van der Waals surface area (Å²) >= 11 is 0. The van der Waals surface area contributed by atoms with Crippen molar-refractivity contribution in [2.24, 2.45) is 5.92 Å². The molecule has 2 unspecified atom stereocenters. The van der Waals surface area contributed by atoms with Crippen LogP contribution < -0.4 is 5.32 Å². The highest BCUT2D eigenvalue weighted by Gasteiger charge is 2.49. The van der Waals surface area contributed by atoms with Crippen molar-refractivity contribution in [2.75, 3.05) is 7.11 Å². The van der Waals surface area contributed by atoms with E-state index in [0.29, 0.717) is 19.3 Å². The quantitative estimate of drug-likeness (QED) is 0.437. The van der Waals surface area contributed by atoms with Crippen LogP contribution in [0.5, 0.6) is 0 Å². The molecule has 8 nitrogen and oxygen atoms in total. The summed E-state index contributed by atoms with van der Waals surface area (Å²) in [4.78, 5) is 38.5. The van der Waals surface area contributed by atoms with E-state index in [1.54, 1.807) is 32.6 Å². The minimum absolute atomic E-state index is 0.0492. The van der Waals surface area contributed by atoms with Gasteiger partial charge in [0.1, 0.15) is 17.7 Å². The van der Waals surface area contributed by atoms with E-state index in [0.717, 1.165) is 12.8 Å². The van der Waals surface area contributed by atoms with Gasteiger partial charge in [0.05, 0.1) is 13.2 Å². The number of esters is 1. The SMILES string of the molecule is C#CC1C[C@H]2[C@@H](OC(=O)C(CC)NC(=O)OC(C)(C)C)CCC[C@H]2N1C(=O)OC. The number of nitrogens with zero attached hydrogens (tertiary/aromatic N) is 1. The van der Waals surface area contributed by atoms with Gasteiger partial charge in [0.15, 0.2) is 0 Å². The van der Waals surface area contributed by atoms with E-state index in [-0.39, 0.29) is 24.1 Å². The number of alkyl carbamates (subject to hydrolysis) is 1. The van der Waals surface area contributed by atoms with Crippen molar-refractivity contribution >= 4 is 18.2 Å². The van der Waals surface area contributed by atoms with Gasteiger partial charge in [-0.05, 0) is 52.9 Å². The topological polar surface area (TPSA) is 94.2 Å². The summed E-state index contributed by atoms with van der Waals surface area (Å²) in [6, 6.07) is -1.29. The Bertz CT molecular complexity index is 665. The molecule has 1 heterocycles. The van der Waals surface area contributed by atoms with E-state index in [9.17, 15) is 14.4 Å². The fourth-order valence-electron chi connectivity index (χ4n) is 4.13. The number of terminal acetylenes is 1. The van der Waals surface area contributed by atoms with Crippen LogP contribution in [-0.2, 0) is 19.0 Å². The van der Waals surface area contributed by atoms with Gasteiger partial charge in [0.2, 0.25) is 0 Å². The second kappa shape index (κ2) is 9.38. The van der Waals surface area contributed by atoms with Crippen molar-refractivity contribution in [1.29, 1.82) is 0 Å². The number of fused-ring (bicyclic) bond motifs is 1. The van der Waals surface area contributed by atoms with Gasteiger partial charge in [-0.1, -0.05) is 12.8 Å². The summed E-state index contributed by atoms with van der Waals surface area (Å²) in [5, 5.41) is 2.58. The van der Waals surface area contributed by atoms with Gasteiger partial charge in [0.25, 0.3) is 0 Å². The molecular weight excluding hydrogens is 376 g/mol.